The normalized spacial score (nSPS) is 11.8. The van der Waals surface area contributed by atoms with Gasteiger partial charge in [-0.3, -0.25) is 0 Å². The summed E-state index contributed by atoms with van der Waals surface area (Å²) in [4.78, 5) is 1.92. The predicted octanol–water partition coefficient (Wildman–Crippen LogP) is 2.59. The first-order valence-corrected chi connectivity index (χ1v) is 7.44. The lowest BCUT2D eigenvalue weighted by Crippen LogP contribution is -2.18. The monoisotopic (exact) mass is 310 g/mol. The van der Waals surface area contributed by atoms with Gasteiger partial charge in [0.25, 0.3) is 10.0 Å². The molecular formula is C14H12F2N2O2S. The zero-order chi connectivity index (χ0) is 15.5. The van der Waals surface area contributed by atoms with Crippen molar-refractivity contribution in [1.82, 2.24) is 4.83 Å². The number of hydrogen-bond acceptors (Lipinski definition) is 3. The van der Waals surface area contributed by atoms with Gasteiger partial charge in [0, 0.05) is 0 Å². The second-order valence-electron chi connectivity index (χ2n) is 4.30. The highest BCUT2D eigenvalue weighted by molar-refractivity contribution is 7.89. The number of hydrogen-bond donors (Lipinski definition) is 1. The second-order valence-corrected chi connectivity index (χ2v) is 5.96. The van der Waals surface area contributed by atoms with E-state index in [1.165, 1.54) is 18.2 Å². The Hall–Kier alpha value is -2.28. The van der Waals surface area contributed by atoms with Crippen LogP contribution in [0.15, 0.2) is 52.5 Å². The molecule has 0 aliphatic heterocycles. The van der Waals surface area contributed by atoms with Gasteiger partial charge in [0.2, 0.25) is 0 Å². The molecule has 0 unspecified atom stereocenters. The van der Waals surface area contributed by atoms with Gasteiger partial charge in [0.05, 0.1) is 16.7 Å². The Kier molecular flexibility index (Phi) is 4.32. The fourth-order valence-electron chi connectivity index (χ4n) is 1.56. The Morgan fingerprint density at radius 2 is 1.62 bits per heavy atom. The average Bonchev–Trinajstić information content (AvgIpc) is 2.42. The quantitative estimate of drug-likeness (QED) is 0.697. The van der Waals surface area contributed by atoms with E-state index in [1.807, 2.05) is 11.8 Å². The largest absolute Gasteiger partial charge is 0.276 e. The van der Waals surface area contributed by atoms with E-state index in [-0.39, 0.29) is 4.90 Å². The van der Waals surface area contributed by atoms with E-state index in [2.05, 4.69) is 5.10 Å². The minimum atomic E-state index is -3.87. The van der Waals surface area contributed by atoms with E-state index in [0.717, 1.165) is 23.9 Å². The number of benzene rings is 2. The van der Waals surface area contributed by atoms with Crippen LogP contribution < -0.4 is 4.83 Å². The van der Waals surface area contributed by atoms with Crippen molar-refractivity contribution in [2.24, 2.45) is 5.10 Å². The Morgan fingerprint density at radius 1 is 1.05 bits per heavy atom. The van der Waals surface area contributed by atoms with Crippen molar-refractivity contribution in [3.8, 4) is 0 Å². The number of nitrogens with one attached hydrogen (secondary N) is 1. The highest BCUT2D eigenvalue weighted by atomic mass is 32.2. The zero-order valence-corrected chi connectivity index (χ0v) is 11.9. The van der Waals surface area contributed by atoms with Crippen molar-refractivity contribution >= 4 is 16.2 Å². The van der Waals surface area contributed by atoms with E-state index in [0.29, 0.717) is 0 Å². The van der Waals surface area contributed by atoms with Gasteiger partial charge in [-0.15, -0.1) is 0 Å². The van der Waals surface area contributed by atoms with Gasteiger partial charge in [0.1, 0.15) is 11.6 Å². The molecule has 0 radical (unpaired) electrons. The van der Waals surface area contributed by atoms with Crippen molar-refractivity contribution in [3.63, 3.8) is 0 Å². The summed E-state index contributed by atoms with van der Waals surface area (Å²) in [5.41, 5.74) is 0.495. The molecule has 0 atom stereocenters. The van der Waals surface area contributed by atoms with Gasteiger partial charge in [0.15, 0.2) is 0 Å². The van der Waals surface area contributed by atoms with E-state index in [1.54, 1.807) is 12.1 Å². The van der Waals surface area contributed by atoms with Gasteiger partial charge >= 0.3 is 0 Å². The van der Waals surface area contributed by atoms with E-state index in [9.17, 15) is 17.2 Å². The van der Waals surface area contributed by atoms with Crippen LogP contribution in [0.5, 0.6) is 0 Å². The maximum Gasteiger partial charge on any atom is 0.276 e. The maximum atomic E-state index is 13.3. The Balaban J connectivity index is 2.19. The molecule has 0 saturated heterocycles. The van der Waals surface area contributed by atoms with Gasteiger partial charge in [-0.25, -0.2) is 13.6 Å². The predicted molar refractivity (Wildman–Crippen MR) is 75.5 cm³/mol. The van der Waals surface area contributed by atoms with Crippen molar-refractivity contribution in [2.45, 2.75) is 11.8 Å². The van der Waals surface area contributed by atoms with Gasteiger partial charge in [-0.2, -0.15) is 13.5 Å². The molecule has 0 aliphatic carbocycles. The fraction of sp³-hybridized carbons (Fsp3) is 0.0714. The van der Waals surface area contributed by atoms with E-state index in [4.69, 9.17) is 0 Å². The lowest BCUT2D eigenvalue weighted by molar-refractivity contribution is 0.577. The zero-order valence-electron chi connectivity index (χ0n) is 11.0. The topological polar surface area (TPSA) is 58.5 Å². The molecule has 2 rings (SSSR count). The Morgan fingerprint density at radius 3 is 2.19 bits per heavy atom. The molecule has 1 N–H and O–H groups in total. The summed E-state index contributed by atoms with van der Waals surface area (Å²) in [5, 5.41) is 3.39. The summed E-state index contributed by atoms with van der Waals surface area (Å²) >= 11 is 0. The molecule has 21 heavy (non-hydrogen) atoms. The molecule has 0 aromatic heterocycles. The molecule has 2 aromatic carbocycles. The highest BCUT2D eigenvalue weighted by Crippen LogP contribution is 2.11. The first-order valence-electron chi connectivity index (χ1n) is 5.96. The average molecular weight is 310 g/mol. The molecule has 4 nitrogen and oxygen atoms in total. The molecule has 0 fully saturated rings. The first-order chi connectivity index (χ1) is 9.90. The third-order valence-corrected chi connectivity index (χ3v) is 3.94. The Labute approximate surface area is 121 Å². The molecular weight excluding hydrogens is 298 g/mol. The summed E-state index contributed by atoms with van der Waals surface area (Å²) in [7, 11) is -3.87. The number of rotatable bonds is 4. The molecule has 110 valence electrons. The van der Waals surface area contributed by atoms with Crippen molar-refractivity contribution < 1.29 is 17.2 Å². The molecule has 7 heteroatoms. The van der Waals surface area contributed by atoms with Crippen LogP contribution >= 0.6 is 0 Å². The Bertz CT molecular complexity index is 752. The van der Waals surface area contributed by atoms with Gasteiger partial charge in [-0.05, 0) is 31.2 Å². The van der Waals surface area contributed by atoms with E-state index >= 15 is 0 Å². The number of halogens is 2. The molecule has 0 saturated carbocycles. The van der Waals surface area contributed by atoms with Crippen LogP contribution in [0.2, 0.25) is 0 Å². The minimum absolute atomic E-state index is 0.0132. The van der Waals surface area contributed by atoms with Crippen LogP contribution in [-0.4, -0.2) is 14.6 Å². The second kappa shape index (κ2) is 6.01. The van der Waals surface area contributed by atoms with Crippen LogP contribution in [0.4, 0.5) is 8.78 Å². The van der Waals surface area contributed by atoms with Gasteiger partial charge in [-0.1, -0.05) is 23.8 Å². The molecule has 2 aromatic rings. The van der Waals surface area contributed by atoms with Crippen molar-refractivity contribution in [1.29, 1.82) is 0 Å². The molecule has 0 spiro atoms. The number of hydrazone groups is 1. The van der Waals surface area contributed by atoms with Crippen LogP contribution in [0, 0.1) is 18.6 Å². The number of nitrogens with zero attached hydrogens (tertiary/aromatic N) is 1. The lowest BCUT2D eigenvalue weighted by atomic mass is 10.2. The summed E-state index contributed by atoms with van der Waals surface area (Å²) in [5.74, 6) is -1.65. The van der Waals surface area contributed by atoms with Crippen molar-refractivity contribution in [2.75, 3.05) is 0 Å². The SMILES string of the molecule is Cc1ccc(S(=O)(=O)N/N=C/c2c(F)cccc2F)cc1. The maximum absolute atomic E-state index is 13.3. The van der Waals surface area contributed by atoms with Crippen molar-refractivity contribution in [3.05, 3.63) is 65.2 Å². The molecule has 0 bridgehead atoms. The van der Waals surface area contributed by atoms with Gasteiger partial charge < -0.3 is 0 Å². The fourth-order valence-corrected chi connectivity index (χ4v) is 2.36. The standard InChI is InChI=1S/C14H12F2N2O2S/c1-10-5-7-11(8-6-10)21(19,20)18-17-9-12-13(15)3-2-4-14(12)16/h2-9,18H,1H3/b17-9+. The summed E-state index contributed by atoms with van der Waals surface area (Å²) in [6, 6.07) is 9.41. The summed E-state index contributed by atoms with van der Waals surface area (Å²) in [6.07, 6.45) is 0.788. The highest BCUT2D eigenvalue weighted by Gasteiger charge is 2.12. The third-order valence-electron chi connectivity index (χ3n) is 2.70. The number of sulfonamides is 1. The summed E-state index contributed by atoms with van der Waals surface area (Å²) < 4.78 is 50.4. The lowest BCUT2D eigenvalue weighted by Gasteiger charge is -2.04. The van der Waals surface area contributed by atoms with Crippen LogP contribution in [0.3, 0.4) is 0 Å². The molecule has 0 amide bonds. The molecule has 0 heterocycles. The van der Waals surface area contributed by atoms with Crippen LogP contribution in [0.25, 0.3) is 0 Å². The van der Waals surface area contributed by atoms with E-state index < -0.39 is 27.2 Å². The minimum Gasteiger partial charge on any atom is -0.206 e. The van der Waals surface area contributed by atoms with Crippen LogP contribution in [0.1, 0.15) is 11.1 Å². The third kappa shape index (κ3) is 3.63. The molecule has 0 aliphatic rings. The first kappa shape index (κ1) is 15.1. The van der Waals surface area contributed by atoms with Crippen LogP contribution in [-0.2, 0) is 10.0 Å². The summed E-state index contributed by atoms with van der Waals surface area (Å²) in [6.45, 7) is 1.82. The number of aryl methyl sites for hydroxylation is 1. The smallest absolute Gasteiger partial charge is 0.206 e.